The van der Waals surface area contributed by atoms with Gasteiger partial charge in [0.15, 0.2) is 0 Å². The molecule has 17 heavy (non-hydrogen) atoms. The van der Waals surface area contributed by atoms with Gasteiger partial charge in [0.25, 0.3) is 0 Å². The number of amides is 1. The summed E-state index contributed by atoms with van der Waals surface area (Å²) in [5.41, 5.74) is 5.41. The number of nitrogens with one attached hydrogen (secondary N) is 1. The molecule has 0 heterocycles. The van der Waals surface area contributed by atoms with Gasteiger partial charge in [0.1, 0.15) is 11.6 Å². The third-order valence-electron chi connectivity index (χ3n) is 2.14. The largest absolute Gasteiger partial charge is 0.450 e. The first kappa shape index (κ1) is 13.4. The monoisotopic (exact) mass is 244 g/mol. The highest BCUT2D eigenvalue weighted by Gasteiger charge is 2.17. The van der Waals surface area contributed by atoms with Crippen molar-refractivity contribution in [1.82, 2.24) is 5.32 Å². The van der Waals surface area contributed by atoms with Crippen molar-refractivity contribution in [2.75, 3.05) is 13.2 Å². The Balaban J connectivity index is 2.85. The van der Waals surface area contributed by atoms with Crippen molar-refractivity contribution in [2.45, 2.75) is 13.0 Å². The normalized spacial score (nSPS) is 12.0. The Morgan fingerprint density at radius 2 is 2.24 bits per heavy atom. The molecule has 1 aromatic rings. The number of hydrogen-bond donors (Lipinski definition) is 2. The number of benzene rings is 1. The predicted octanol–water partition coefficient (Wildman–Crippen LogP) is 1.71. The van der Waals surface area contributed by atoms with Gasteiger partial charge in [0, 0.05) is 12.1 Å². The quantitative estimate of drug-likeness (QED) is 0.847. The summed E-state index contributed by atoms with van der Waals surface area (Å²) in [4.78, 5) is 11.2. The van der Waals surface area contributed by atoms with Crippen LogP contribution in [0.2, 0.25) is 0 Å². The second kappa shape index (κ2) is 6.15. The van der Waals surface area contributed by atoms with Crippen LogP contribution >= 0.6 is 0 Å². The van der Waals surface area contributed by atoms with Gasteiger partial charge in [-0.15, -0.1) is 0 Å². The molecule has 0 spiro atoms. The van der Waals surface area contributed by atoms with Gasteiger partial charge >= 0.3 is 6.09 Å². The van der Waals surface area contributed by atoms with Crippen molar-refractivity contribution >= 4 is 6.09 Å². The van der Waals surface area contributed by atoms with Gasteiger partial charge < -0.3 is 15.8 Å². The summed E-state index contributed by atoms with van der Waals surface area (Å²) in [6.45, 7) is 1.77. The molecule has 0 aliphatic rings. The Bertz CT molecular complexity index is 399. The minimum atomic E-state index is -0.815. The molecule has 1 amide bonds. The molecule has 1 atom stereocenters. The zero-order chi connectivity index (χ0) is 12.8. The van der Waals surface area contributed by atoms with Gasteiger partial charge in [0.2, 0.25) is 0 Å². The van der Waals surface area contributed by atoms with Crippen molar-refractivity contribution in [3.63, 3.8) is 0 Å². The van der Waals surface area contributed by atoms with Gasteiger partial charge in [-0.3, -0.25) is 0 Å². The molecule has 0 saturated heterocycles. The summed E-state index contributed by atoms with van der Waals surface area (Å²) in [5.74, 6) is -1.22. The topological polar surface area (TPSA) is 64.3 Å². The van der Waals surface area contributed by atoms with Crippen LogP contribution in [0.4, 0.5) is 13.6 Å². The molecule has 0 aromatic heterocycles. The summed E-state index contributed by atoms with van der Waals surface area (Å²) in [6.07, 6.45) is -0.716. The molecule has 0 fully saturated rings. The number of hydrogen-bond acceptors (Lipinski definition) is 3. The molecule has 0 aliphatic heterocycles. The highest BCUT2D eigenvalue weighted by Crippen LogP contribution is 2.17. The van der Waals surface area contributed by atoms with Gasteiger partial charge in [0.05, 0.1) is 12.6 Å². The van der Waals surface area contributed by atoms with E-state index in [4.69, 9.17) is 5.73 Å². The van der Waals surface area contributed by atoms with E-state index in [1.54, 1.807) is 6.92 Å². The summed E-state index contributed by atoms with van der Waals surface area (Å²) >= 11 is 0. The van der Waals surface area contributed by atoms with E-state index >= 15 is 0 Å². The first-order chi connectivity index (χ1) is 8.08. The Kier molecular flexibility index (Phi) is 4.84. The highest BCUT2D eigenvalue weighted by molar-refractivity contribution is 5.67. The molecule has 6 heteroatoms. The molecule has 4 nitrogen and oxygen atoms in total. The minimum absolute atomic E-state index is 0.000512. The molecule has 0 bridgehead atoms. The fourth-order valence-corrected chi connectivity index (χ4v) is 1.36. The maximum absolute atomic E-state index is 13.4. The van der Waals surface area contributed by atoms with E-state index < -0.39 is 23.8 Å². The van der Waals surface area contributed by atoms with E-state index in [0.29, 0.717) is 0 Å². The lowest BCUT2D eigenvalue weighted by molar-refractivity contribution is 0.148. The maximum atomic E-state index is 13.4. The number of ether oxygens (including phenoxy) is 1. The van der Waals surface area contributed by atoms with Crippen molar-refractivity contribution in [2.24, 2.45) is 5.73 Å². The fraction of sp³-hybridized carbons (Fsp3) is 0.364. The number of carbonyl (C=O) groups is 1. The first-order valence-corrected chi connectivity index (χ1v) is 5.16. The summed E-state index contributed by atoms with van der Waals surface area (Å²) in [6, 6.07) is 2.17. The van der Waals surface area contributed by atoms with Gasteiger partial charge in [-0.25, -0.2) is 13.6 Å². The van der Waals surface area contributed by atoms with E-state index in [-0.39, 0.29) is 18.7 Å². The molecule has 0 radical (unpaired) electrons. The molecule has 1 rings (SSSR count). The average molecular weight is 244 g/mol. The van der Waals surface area contributed by atoms with Crippen LogP contribution < -0.4 is 11.1 Å². The third kappa shape index (κ3) is 3.67. The van der Waals surface area contributed by atoms with Crippen molar-refractivity contribution in [3.05, 3.63) is 35.4 Å². The fourth-order valence-electron chi connectivity index (χ4n) is 1.36. The standard InChI is InChI=1S/C11H14F2N2O2/c1-2-17-11(16)15-10(6-14)8-5-7(12)3-4-9(8)13/h3-5,10H,2,6,14H2,1H3,(H,15,16). The molecule has 94 valence electrons. The molecule has 0 saturated carbocycles. The van der Waals surface area contributed by atoms with Crippen molar-refractivity contribution < 1.29 is 18.3 Å². The molecule has 1 aromatic carbocycles. The third-order valence-corrected chi connectivity index (χ3v) is 2.14. The van der Waals surface area contributed by atoms with E-state index in [2.05, 4.69) is 10.1 Å². The van der Waals surface area contributed by atoms with Gasteiger partial charge in [-0.05, 0) is 25.1 Å². The molecule has 0 aliphatic carbocycles. The van der Waals surface area contributed by atoms with Crippen molar-refractivity contribution in [3.8, 4) is 0 Å². The van der Waals surface area contributed by atoms with E-state index in [1.807, 2.05) is 0 Å². The van der Waals surface area contributed by atoms with Crippen LogP contribution in [0.25, 0.3) is 0 Å². The number of nitrogens with two attached hydrogens (primary N) is 1. The lowest BCUT2D eigenvalue weighted by Gasteiger charge is -2.17. The summed E-state index contributed by atoms with van der Waals surface area (Å²) < 4.78 is 31.1. The van der Waals surface area contributed by atoms with Crippen LogP contribution in [0.3, 0.4) is 0 Å². The van der Waals surface area contributed by atoms with Gasteiger partial charge in [-0.2, -0.15) is 0 Å². The smallest absolute Gasteiger partial charge is 0.407 e. The highest BCUT2D eigenvalue weighted by atomic mass is 19.1. The molecule has 3 N–H and O–H groups in total. The van der Waals surface area contributed by atoms with Crippen LogP contribution in [0.15, 0.2) is 18.2 Å². The number of carbonyl (C=O) groups excluding carboxylic acids is 1. The van der Waals surface area contributed by atoms with Crippen LogP contribution in [0.1, 0.15) is 18.5 Å². The Morgan fingerprint density at radius 1 is 1.53 bits per heavy atom. The van der Waals surface area contributed by atoms with Crippen molar-refractivity contribution in [1.29, 1.82) is 0 Å². The molecular weight excluding hydrogens is 230 g/mol. The zero-order valence-electron chi connectivity index (χ0n) is 9.37. The second-order valence-corrected chi connectivity index (χ2v) is 3.32. The summed E-state index contributed by atoms with van der Waals surface area (Å²) in [7, 11) is 0. The first-order valence-electron chi connectivity index (χ1n) is 5.16. The van der Waals surface area contributed by atoms with Crippen LogP contribution in [0, 0.1) is 11.6 Å². The summed E-state index contributed by atoms with van der Waals surface area (Å²) in [5, 5.41) is 2.36. The zero-order valence-corrected chi connectivity index (χ0v) is 9.37. The average Bonchev–Trinajstić information content (AvgIpc) is 2.30. The van der Waals surface area contributed by atoms with E-state index in [0.717, 1.165) is 18.2 Å². The SMILES string of the molecule is CCOC(=O)NC(CN)c1cc(F)ccc1F. The lowest BCUT2D eigenvalue weighted by atomic mass is 10.1. The van der Waals surface area contributed by atoms with E-state index in [1.165, 1.54) is 0 Å². The van der Waals surface area contributed by atoms with Crippen LogP contribution in [-0.2, 0) is 4.74 Å². The van der Waals surface area contributed by atoms with Gasteiger partial charge in [-0.1, -0.05) is 0 Å². The van der Waals surface area contributed by atoms with E-state index in [9.17, 15) is 13.6 Å². The number of halogens is 2. The van der Waals surface area contributed by atoms with Crippen LogP contribution in [0.5, 0.6) is 0 Å². The van der Waals surface area contributed by atoms with Crippen LogP contribution in [-0.4, -0.2) is 19.2 Å². The Hall–Kier alpha value is -1.69. The lowest BCUT2D eigenvalue weighted by Crippen LogP contribution is -2.34. The minimum Gasteiger partial charge on any atom is -0.450 e. The second-order valence-electron chi connectivity index (χ2n) is 3.32. The predicted molar refractivity (Wildman–Crippen MR) is 58.3 cm³/mol. The Labute approximate surface area is 97.8 Å². The maximum Gasteiger partial charge on any atom is 0.407 e. The molecular formula is C11H14F2N2O2. The number of rotatable bonds is 4. The number of alkyl carbamates (subject to hydrolysis) is 1. The molecule has 1 unspecified atom stereocenters. The Morgan fingerprint density at radius 3 is 2.82 bits per heavy atom.